The highest BCUT2D eigenvalue weighted by Crippen LogP contribution is 2.07. The van der Waals surface area contributed by atoms with E-state index in [9.17, 15) is 19.2 Å². The van der Waals surface area contributed by atoms with Gasteiger partial charge in [0.2, 0.25) is 17.7 Å². The van der Waals surface area contributed by atoms with E-state index in [2.05, 4.69) is 21.3 Å². The molecule has 0 aromatic heterocycles. The molecule has 11 heteroatoms. The largest absolute Gasteiger partial charge is 0.368 e. The van der Waals surface area contributed by atoms with Crippen LogP contribution < -0.4 is 38.5 Å². The van der Waals surface area contributed by atoms with Crippen molar-refractivity contribution in [2.24, 2.45) is 23.1 Å². The zero-order chi connectivity index (χ0) is 24.2. The number of ketones is 1. The van der Waals surface area contributed by atoms with Crippen LogP contribution >= 0.6 is 0 Å². The van der Waals surface area contributed by atoms with Crippen LogP contribution in [0, 0.1) is 5.92 Å². The SMILES string of the molecule is CC(=O)N[C@@H](CCCCNC(=O)CCCC(=O)CC(CNCCN)CNCCN)C(N)=O. The predicted octanol–water partition coefficient (Wildman–Crippen LogP) is -1.89. The van der Waals surface area contributed by atoms with Gasteiger partial charge in [-0.2, -0.15) is 0 Å². The topological polar surface area (TPSA) is 194 Å². The lowest BCUT2D eigenvalue weighted by atomic mass is 9.99. The maximum absolute atomic E-state index is 12.3. The highest BCUT2D eigenvalue weighted by Gasteiger charge is 2.16. The number of unbranched alkanes of at least 4 members (excludes halogenated alkanes) is 1. The molecular formula is C21H43N7O4. The van der Waals surface area contributed by atoms with Crippen LogP contribution in [0.2, 0.25) is 0 Å². The fourth-order valence-corrected chi connectivity index (χ4v) is 3.22. The molecule has 0 spiro atoms. The second kappa shape index (κ2) is 19.6. The van der Waals surface area contributed by atoms with Crippen molar-refractivity contribution in [2.45, 2.75) is 57.9 Å². The molecule has 32 heavy (non-hydrogen) atoms. The summed E-state index contributed by atoms with van der Waals surface area (Å²) in [6.07, 6.45) is 3.37. The van der Waals surface area contributed by atoms with E-state index in [0.29, 0.717) is 90.8 Å². The van der Waals surface area contributed by atoms with Crippen molar-refractivity contribution in [1.82, 2.24) is 21.3 Å². The van der Waals surface area contributed by atoms with Crippen LogP contribution in [0.5, 0.6) is 0 Å². The summed E-state index contributed by atoms with van der Waals surface area (Å²) >= 11 is 0. The Bertz CT molecular complexity index is 550. The molecule has 0 rings (SSSR count). The van der Waals surface area contributed by atoms with Gasteiger partial charge in [0.05, 0.1) is 0 Å². The molecule has 1 atom stereocenters. The van der Waals surface area contributed by atoms with Crippen molar-refractivity contribution in [3.8, 4) is 0 Å². The normalized spacial score (nSPS) is 11.9. The molecule has 0 radical (unpaired) electrons. The van der Waals surface area contributed by atoms with Crippen LogP contribution in [0.4, 0.5) is 0 Å². The summed E-state index contributed by atoms with van der Waals surface area (Å²) in [6, 6.07) is -0.686. The summed E-state index contributed by atoms with van der Waals surface area (Å²) in [4.78, 5) is 46.6. The van der Waals surface area contributed by atoms with Gasteiger partial charge in [-0.05, 0) is 44.7 Å². The average Bonchev–Trinajstić information content (AvgIpc) is 2.72. The number of nitrogens with one attached hydrogen (secondary N) is 4. The molecule has 0 fully saturated rings. The Kier molecular flexibility index (Phi) is 18.3. The van der Waals surface area contributed by atoms with Crippen molar-refractivity contribution in [3.63, 3.8) is 0 Å². The average molecular weight is 458 g/mol. The number of hydrogen-bond donors (Lipinski definition) is 7. The first-order valence-electron chi connectivity index (χ1n) is 11.5. The van der Waals surface area contributed by atoms with Gasteiger partial charge >= 0.3 is 0 Å². The van der Waals surface area contributed by atoms with Gasteiger partial charge < -0.3 is 38.5 Å². The van der Waals surface area contributed by atoms with E-state index < -0.39 is 11.9 Å². The van der Waals surface area contributed by atoms with Gasteiger partial charge in [-0.3, -0.25) is 19.2 Å². The van der Waals surface area contributed by atoms with Crippen molar-refractivity contribution >= 4 is 23.5 Å². The molecule has 0 aromatic carbocycles. The molecule has 0 heterocycles. The van der Waals surface area contributed by atoms with Crippen molar-refractivity contribution < 1.29 is 19.2 Å². The molecule has 0 saturated carbocycles. The van der Waals surface area contributed by atoms with E-state index in [1.165, 1.54) is 6.92 Å². The van der Waals surface area contributed by atoms with E-state index in [4.69, 9.17) is 17.2 Å². The summed E-state index contributed by atoms with van der Waals surface area (Å²) in [7, 11) is 0. The molecule has 10 N–H and O–H groups in total. The van der Waals surface area contributed by atoms with E-state index >= 15 is 0 Å². The Labute approximate surface area is 191 Å². The van der Waals surface area contributed by atoms with E-state index in [-0.39, 0.29) is 23.5 Å². The first kappa shape index (κ1) is 29.9. The quantitative estimate of drug-likeness (QED) is 0.0971. The summed E-state index contributed by atoms with van der Waals surface area (Å²) in [5.74, 6) is -0.668. The lowest BCUT2D eigenvalue weighted by molar-refractivity contribution is -0.126. The smallest absolute Gasteiger partial charge is 0.239 e. The van der Waals surface area contributed by atoms with Gasteiger partial charge in [0.1, 0.15) is 11.8 Å². The number of carbonyl (C=O) groups is 4. The third kappa shape index (κ3) is 17.6. The summed E-state index contributed by atoms with van der Waals surface area (Å²) in [6.45, 7) is 5.73. The molecule has 0 aliphatic carbocycles. The van der Waals surface area contributed by atoms with Gasteiger partial charge in [-0.1, -0.05) is 0 Å². The molecule has 0 aliphatic heterocycles. The standard InChI is InChI=1S/C21H43N7O4/c1-16(29)28-19(21(24)32)6-2-3-10-27-20(31)7-4-5-18(30)13-17(14-25-11-8-22)15-26-12-9-23/h17,19,25-26H,2-15,22-23H2,1H3,(H2,24,32)(H,27,31)(H,28,29)/t19-/m0/s1. The van der Waals surface area contributed by atoms with Gasteiger partial charge in [-0.25, -0.2) is 0 Å². The summed E-state index contributed by atoms with van der Waals surface area (Å²) in [5, 5.41) is 11.8. The fourth-order valence-electron chi connectivity index (χ4n) is 3.22. The summed E-state index contributed by atoms with van der Waals surface area (Å²) in [5.41, 5.74) is 16.2. The van der Waals surface area contributed by atoms with E-state index in [0.717, 1.165) is 0 Å². The Morgan fingerprint density at radius 3 is 2.00 bits per heavy atom. The molecular weight excluding hydrogens is 414 g/mol. The molecule has 0 unspecified atom stereocenters. The molecule has 3 amide bonds. The lowest BCUT2D eigenvalue weighted by Crippen LogP contribution is -2.43. The van der Waals surface area contributed by atoms with E-state index in [1.807, 2.05) is 0 Å². The van der Waals surface area contributed by atoms with Crippen molar-refractivity contribution in [3.05, 3.63) is 0 Å². The fraction of sp³-hybridized carbons (Fsp3) is 0.810. The molecule has 186 valence electrons. The number of Topliss-reactive ketones (excluding diaryl/α,β-unsaturated/α-hetero) is 1. The highest BCUT2D eigenvalue weighted by molar-refractivity contribution is 5.85. The van der Waals surface area contributed by atoms with Gasteiger partial charge in [0.25, 0.3) is 0 Å². The number of amides is 3. The Morgan fingerprint density at radius 2 is 1.47 bits per heavy atom. The maximum Gasteiger partial charge on any atom is 0.239 e. The number of rotatable bonds is 21. The van der Waals surface area contributed by atoms with Crippen molar-refractivity contribution in [2.75, 3.05) is 45.8 Å². The minimum Gasteiger partial charge on any atom is -0.368 e. The van der Waals surface area contributed by atoms with Crippen LogP contribution in [-0.2, 0) is 19.2 Å². The van der Waals surface area contributed by atoms with E-state index in [1.54, 1.807) is 0 Å². The van der Waals surface area contributed by atoms with Gasteiger partial charge in [0.15, 0.2) is 0 Å². The minimum absolute atomic E-state index is 0.100. The molecule has 0 aromatic rings. The first-order valence-corrected chi connectivity index (χ1v) is 11.5. The Balaban J connectivity index is 4.00. The van der Waals surface area contributed by atoms with Crippen LogP contribution in [0.25, 0.3) is 0 Å². The van der Waals surface area contributed by atoms with Crippen LogP contribution in [0.3, 0.4) is 0 Å². The third-order valence-electron chi connectivity index (χ3n) is 4.85. The molecule has 0 aliphatic rings. The lowest BCUT2D eigenvalue weighted by Gasteiger charge is -2.17. The number of nitrogens with two attached hydrogens (primary N) is 3. The number of primary amides is 1. The Morgan fingerprint density at radius 1 is 0.844 bits per heavy atom. The second-order valence-corrected chi connectivity index (χ2v) is 7.95. The van der Waals surface area contributed by atoms with Crippen molar-refractivity contribution in [1.29, 1.82) is 0 Å². The van der Waals surface area contributed by atoms with Gasteiger partial charge in [0, 0.05) is 58.9 Å². The predicted molar refractivity (Wildman–Crippen MR) is 124 cm³/mol. The zero-order valence-electron chi connectivity index (χ0n) is 19.4. The van der Waals surface area contributed by atoms with Crippen LogP contribution in [0.15, 0.2) is 0 Å². The Hall–Kier alpha value is -2.08. The third-order valence-corrected chi connectivity index (χ3v) is 4.85. The molecule has 0 bridgehead atoms. The first-order chi connectivity index (χ1) is 15.3. The highest BCUT2D eigenvalue weighted by atomic mass is 16.2. The maximum atomic E-state index is 12.3. The second-order valence-electron chi connectivity index (χ2n) is 7.95. The molecule has 0 saturated heterocycles. The zero-order valence-corrected chi connectivity index (χ0v) is 19.4. The number of hydrogen-bond acceptors (Lipinski definition) is 8. The van der Waals surface area contributed by atoms with Crippen LogP contribution in [0.1, 0.15) is 51.9 Å². The minimum atomic E-state index is -0.686. The number of carbonyl (C=O) groups excluding carboxylic acids is 4. The van der Waals surface area contributed by atoms with Gasteiger partial charge in [-0.15, -0.1) is 0 Å². The summed E-state index contributed by atoms with van der Waals surface area (Å²) < 4.78 is 0. The monoisotopic (exact) mass is 457 g/mol. The molecule has 11 nitrogen and oxygen atoms in total. The van der Waals surface area contributed by atoms with Crippen LogP contribution in [-0.4, -0.2) is 75.4 Å².